The molecule has 1 aliphatic heterocycles. The molecule has 12 heteroatoms. The van der Waals surface area contributed by atoms with Crippen molar-refractivity contribution >= 4 is 39.3 Å². The van der Waals surface area contributed by atoms with Gasteiger partial charge in [0.15, 0.2) is 0 Å². The molecule has 35 heavy (non-hydrogen) atoms. The van der Waals surface area contributed by atoms with Crippen LogP contribution in [0.5, 0.6) is 5.88 Å². The van der Waals surface area contributed by atoms with E-state index in [0.29, 0.717) is 28.8 Å². The summed E-state index contributed by atoms with van der Waals surface area (Å²) in [7, 11) is 0. The monoisotopic (exact) mass is 521 g/mol. The van der Waals surface area contributed by atoms with Crippen LogP contribution in [0.3, 0.4) is 0 Å². The molecule has 4 N–H and O–H groups in total. The predicted octanol–water partition coefficient (Wildman–Crippen LogP) is 4.12. The molecule has 0 aliphatic carbocycles. The average molecular weight is 522 g/mol. The first-order chi connectivity index (χ1) is 16.0. The van der Waals surface area contributed by atoms with E-state index in [1.807, 2.05) is 37.6 Å². The topological polar surface area (TPSA) is 140 Å². The zero-order valence-corrected chi connectivity index (χ0v) is 21.2. The Kier molecular flexibility index (Phi) is 8.65. The third-order valence-electron chi connectivity index (χ3n) is 5.72. The smallest absolute Gasteiger partial charge is 0.266 e. The number of fused-ring (bicyclic) bond motifs is 1. The molecule has 1 saturated heterocycles. The second-order valence-corrected chi connectivity index (χ2v) is 10.0. The van der Waals surface area contributed by atoms with Gasteiger partial charge in [-0.3, -0.25) is 0 Å². The van der Waals surface area contributed by atoms with Gasteiger partial charge in [0.05, 0.1) is 5.52 Å². The first-order valence-corrected chi connectivity index (χ1v) is 12.9. The molecule has 5 rings (SSSR count). The third-order valence-corrected chi connectivity index (χ3v) is 7.40. The van der Waals surface area contributed by atoms with Crippen molar-refractivity contribution in [3.05, 3.63) is 41.6 Å². The molecular formula is C23H28FN5O4S2. The molecule has 0 amide bonds. The number of hydrogen-bond donors (Lipinski definition) is 0. The number of halogens is 1. The summed E-state index contributed by atoms with van der Waals surface area (Å²) in [5, 5.41) is 6.03. The highest BCUT2D eigenvalue weighted by atomic mass is 32.2. The van der Waals surface area contributed by atoms with Crippen LogP contribution < -0.4 is 9.64 Å². The minimum Gasteiger partial charge on any atom is -0.473 e. The van der Waals surface area contributed by atoms with Crippen LogP contribution >= 0.6 is 23.1 Å². The summed E-state index contributed by atoms with van der Waals surface area (Å²) in [5.41, 5.74) is 2.02. The number of rotatable bonds is 6. The van der Waals surface area contributed by atoms with Crippen molar-refractivity contribution in [2.45, 2.75) is 43.6 Å². The van der Waals surface area contributed by atoms with Crippen molar-refractivity contribution in [2.24, 2.45) is 0 Å². The van der Waals surface area contributed by atoms with E-state index in [-0.39, 0.29) is 28.8 Å². The molecular weight excluding hydrogens is 493 g/mol. The Morgan fingerprint density at radius 3 is 2.60 bits per heavy atom. The largest absolute Gasteiger partial charge is 0.473 e. The number of thiophene rings is 1. The molecule has 4 aromatic rings. The Morgan fingerprint density at radius 1 is 1.17 bits per heavy atom. The second kappa shape index (κ2) is 11.3. The van der Waals surface area contributed by atoms with Gasteiger partial charge in [0.25, 0.3) is 5.95 Å². The minimum atomic E-state index is -0.253. The molecule has 0 bridgehead atoms. The Hall–Kier alpha value is -2.80. The van der Waals surface area contributed by atoms with E-state index in [4.69, 9.17) is 9.26 Å². The maximum Gasteiger partial charge on any atom is 0.266 e. The van der Waals surface area contributed by atoms with Gasteiger partial charge in [0.1, 0.15) is 22.9 Å². The molecule has 0 spiro atoms. The van der Waals surface area contributed by atoms with Crippen molar-refractivity contribution in [3.63, 3.8) is 0 Å². The first kappa shape index (κ1) is 26.8. The Labute approximate surface area is 210 Å². The van der Waals surface area contributed by atoms with Gasteiger partial charge in [-0.2, -0.15) is 4.98 Å². The van der Waals surface area contributed by atoms with Crippen LogP contribution in [0.2, 0.25) is 0 Å². The Morgan fingerprint density at radius 2 is 1.94 bits per heavy atom. The van der Waals surface area contributed by atoms with E-state index >= 15 is 0 Å². The summed E-state index contributed by atoms with van der Waals surface area (Å²) in [5.74, 6) is 1.80. The summed E-state index contributed by atoms with van der Waals surface area (Å²) in [6.07, 6.45) is 5.09. The number of anilines is 1. The lowest BCUT2D eigenvalue weighted by Crippen LogP contribution is -2.39. The van der Waals surface area contributed by atoms with Crippen LogP contribution in [0, 0.1) is 5.82 Å². The highest BCUT2D eigenvalue weighted by Gasteiger charge is 2.26. The summed E-state index contributed by atoms with van der Waals surface area (Å²) in [6.45, 7) is 5.62. The third kappa shape index (κ3) is 5.40. The molecule has 0 atom stereocenters. The van der Waals surface area contributed by atoms with Crippen LogP contribution in [0.25, 0.3) is 21.3 Å². The van der Waals surface area contributed by atoms with E-state index in [9.17, 15) is 4.39 Å². The number of ether oxygens (including phenoxy) is 1. The standard InChI is InChI=1S/C23H24FN5O2S2.2H2O/c1-13(2)21-27-23(28-31-21)29-8-6-14(7-9-29)30-22-20-19(25-12-26-22)17(11-33-20)16-5-4-15(32-3)10-18(16)24;;/h4-5,10-14H,6-9H2,1-3H3;2*1H2. The van der Waals surface area contributed by atoms with Gasteiger partial charge in [-0.05, 0) is 23.5 Å². The Balaban J connectivity index is 0.00000171. The van der Waals surface area contributed by atoms with Crippen molar-refractivity contribution in [3.8, 4) is 17.0 Å². The molecule has 1 aliphatic rings. The van der Waals surface area contributed by atoms with E-state index < -0.39 is 0 Å². The molecule has 1 fully saturated rings. The zero-order chi connectivity index (χ0) is 22.9. The SMILES string of the molecule is CSc1ccc(-c2csc3c(OC4CCN(c5noc(C(C)C)n5)CC4)ncnc23)c(F)c1.O.O. The van der Waals surface area contributed by atoms with Crippen LogP contribution in [-0.4, -0.2) is 56.5 Å². The fourth-order valence-corrected chi connectivity index (χ4v) is 5.24. The van der Waals surface area contributed by atoms with Crippen molar-refractivity contribution < 1.29 is 24.6 Å². The highest BCUT2D eigenvalue weighted by Crippen LogP contribution is 2.39. The van der Waals surface area contributed by atoms with Crippen LogP contribution in [0.1, 0.15) is 38.5 Å². The number of piperidine rings is 1. The quantitative estimate of drug-likeness (QED) is 0.345. The van der Waals surface area contributed by atoms with Crippen molar-refractivity contribution in [1.29, 1.82) is 0 Å². The number of benzene rings is 1. The molecule has 9 nitrogen and oxygen atoms in total. The molecule has 3 aromatic heterocycles. The number of thioether (sulfide) groups is 1. The second-order valence-electron chi connectivity index (χ2n) is 8.24. The van der Waals surface area contributed by atoms with Gasteiger partial charge in [-0.15, -0.1) is 23.1 Å². The molecule has 0 radical (unpaired) electrons. The summed E-state index contributed by atoms with van der Waals surface area (Å²) >= 11 is 3.00. The molecule has 0 saturated carbocycles. The fourth-order valence-electron chi connectivity index (χ4n) is 3.87. The molecule has 0 unspecified atom stereocenters. The van der Waals surface area contributed by atoms with Crippen molar-refractivity contribution in [2.75, 3.05) is 24.2 Å². The van der Waals surface area contributed by atoms with Gasteiger partial charge >= 0.3 is 0 Å². The number of aromatic nitrogens is 4. The fraction of sp³-hybridized carbons (Fsp3) is 0.391. The van der Waals surface area contributed by atoms with Crippen LogP contribution in [-0.2, 0) is 0 Å². The van der Waals surface area contributed by atoms with Crippen LogP contribution in [0.15, 0.2) is 39.3 Å². The van der Waals surface area contributed by atoms with E-state index in [2.05, 4.69) is 25.0 Å². The van der Waals surface area contributed by atoms with Gasteiger partial charge in [0, 0.05) is 53.3 Å². The van der Waals surface area contributed by atoms with Crippen LogP contribution in [0.4, 0.5) is 10.3 Å². The molecule has 1 aromatic carbocycles. The van der Waals surface area contributed by atoms with Gasteiger partial charge in [-0.25, -0.2) is 14.4 Å². The Bertz CT molecular complexity index is 1270. The molecule has 188 valence electrons. The summed E-state index contributed by atoms with van der Waals surface area (Å²) in [4.78, 5) is 16.3. The van der Waals surface area contributed by atoms with Gasteiger partial charge in [0.2, 0.25) is 11.8 Å². The predicted molar refractivity (Wildman–Crippen MR) is 136 cm³/mol. The maximum atomic E-state index is 14.7. The minimum absolute atomic E-state index is 0. The highest BCUT2D eigenvalue weighted by molar-refractivity contribution is 7.98. The zero-order valence-electron chi connectivity index (χ0n) is 19.6. The normalized spacial score (nSPS) is 14.1. The van der Waals surface area contributed by atoms with Gasteiger partial charge < -0.3 is 25.1 Å². The van der Waals surface area contributed by atoms with Crippen molar-refractivity contribution in [1.82, 2.24) is 20.1 Å². The maximum absolute atomic E-state index is 14.7. The van der Waals surface area contributed by atoms with E-state index in [1.54, 1.807) is 6.07 Å². The van der Waals surface area contributed by atoms with E-state index in [1.165, 1.54) is 29.4 Å². The lowest BCUT2D eigenvalue weighted by molar-refractivity contribution is 0.166. The lowest BCUT2D eigenvalue weighted by atomic mass is 10.1. The molecule has 4 heterocycles. The number of nitrogens with zero attached hydrogens (tertiary/aromatic N) is 5. The van der Waals surface area contributed by atoms with Gasteiger partial charge in [-0.1, -0.05) is 19.9 Å². The average Bonchev–Trinajstić information content (AvgIpc) is 3.48. The summed E-state index contributed by atoms with van der Waals surface area (Å²) < 4.78 is 27.2. The lowest BCUT2D eigenvalue weighted by Gasteiger charge is -2.30. The summed E-state index contributed by atoms with van der Waals surface area (Å²) in [6, 6.07) is 5.29. The first-order valence-electron chi connectivity index (χ1n) is 10.8. The van der Waals surface area contributed by atoms with E-state index in [0.717, 1.165) is 41.1 Å². The number of hydrogen-bond acceptors (Lipinski definition) is 9.